The van der Waals surface area contributed by atoms with Gasteiger partial charge in [0.05, 0.1) is 127 Å². The fourth-order valence-electron chi connectivity index (χ4n) is 20.2. The number of hydrogen-bond acceptors (Lipinski definition) is 30. The van der Waals surface area contributed by atoms with E-state index in [1.807, 2.05) is 130 Å². The van der Waals surface area contributed by atoms with Gasteiger partial charge in [0.1, 0.15) is 175 Å². The van der Waals surface area contributed by atoms with E-state index < -0.39 is 27.8 Å². The molecule has 30 heteroatoms. The van der Waals surface area contributed by atoms with Crippen LogP contribution in [0.4, 0.5) is 0 Å². The van der Waals surface area contributed by atoms with Crippen LogP contribution in [-0.2, 0) is 63.6 Å². The van der Waals surface area contributed by atoms with Gasteiger partial charge in [-0.25, -0.2) is 0 Å². The minimum atomic E-state index is -0.590. The number of ether oxygens (including phenoxy) is 17. The van der Waals surface area contributed by atoms with Crippen molar-refractivity contribution in [2.75, 3.05) is 35.5 Å². The first-order valence-corrected chi connectivity index (χ1v) is 45.6. The Morgan fingerprint density at radius 1 is 0.301 bits per heavy atom. The third-order valence-electron chi connectivity index (χ3n) is 28.9. The second-order valence-electron chi connectivity index (χ2n) is 41.3. The van der Waals surface area contributed by atoms with Crippen LogP contribution in [0.15, 0.2) is 141 Å². The first-order chi connectivity index (χ1) is 64.3. The second kappa shape index (κ2) is 30.7. The van der Waals surface area contributed by atoms with Crippen LogP contribution in [0.5, 0.6) is 80.5 Å². The van der Waals surface area contributed by atoms with E-state index in [4.69, 9.17) is 98.2 Å². The van der Waals surface area contributed by atoms with Crippen molar-refractivity contribution in [3.63, 3.8) is 0 Å². The Morgan fingerprint density at radius 2 is 0.559 bits per heavy atom. The van der Waals surface area contributed by atoms with Gasteiger partial charge in [0, 0.05) is 47.9 Å². The molecule has 30 nitrogen and oxygen atoms in total. The Kier molecular flexibility index (Phi) is 20.3. The zero-order chi connectivity index (χ0) is 96.5. The van der Waals surface area contributed by atoms with Crippen molar-refractivity contribution in [2.24, 2.45) is 0 Å². The molecule has 16 heterocycles. The molecule has 12 aliphatic heterocycles. The van der Waals surface area contributed by atoms with Crippen molar-refractivity contribution in [2.45, 2.75) is 261 Å². The SMILES string of the molecule is COc1cc(-c2coc3c4c(c(CC5OC5(C)C)c(O)c3c2=O)OC(C)(C)C2OC42)ccc1C.COc1ccc(-c2coc3c4c(c(CC5OC5(C)C)c(O)c3c2=O)OC(C)(C)C2OC42)cc1.COc1ccc(-c2coc3c4c(c(CC5OC5(C)C)c(O)c3c2=O)OC(C)(C)C2OC42)cc1O.COc1ccc(-c2coc3c4c(c(CC5OC5(C)C)c(O)c3c2=O)OC(C)(C)C2OC42)cc1OC. The normalized spacial score (nSPS) is 25.2. The highest BCUT2D eigenvalue weighted by Gasteiger charge is 2.65. The highest BCUT2D eigenvalue weighted by atomic mass is 16.7. The lowest BCUT2D eigenvalue weighted by Crippen LogP contribution is -2.38. The molecule has 8 saturated heterocycles. The van der Waals surface area contributed by atoms with Crippen LogP contribution in [0.3, 0.4) is 0 Å². The summed E-state index contributed by atoms with van der Waals surface area (Å²) in [5.74, 6) is 4.11. The van der Waals surface area contributed by atoms with E-state index in [0.717, 1.165) is 5.56 Å². The predicted octanol–water partition coefficient (Wildman–Crippen LogP) is 18.0. The Bertz CT molecular complexity index is 7340. The van der Waals surface area contributed by atoms with E-state index in [1.165, 1.54) is 45.3 Å². The number of epoxide rings is 8. The van der Waals surface area contributed by atoms with Crippen molar-refractivity contribution in [3.8, 4) is 125 Å². The first kappa shape index (κ1) is 90.0. The molecule has 0 aliphatic carbocycles. The van der Waals surface area contributed by atoms with Gasteiger partial charge in [-0.3, -0.25) is 19.2 Å². The number of phenolic OH excluding ortho intramolecular Hbond substituents is 5. The van der Waals surface area contributed by atoms with E-state index in [-0.39, 0.29) is 185 Å². The standard InChI is InChI=1S/C27H28O8.C27H28O7.C26H26O8.C26H26O7/c1-26(2)17(34-26)10-13-20(28)18-21(29)14(12-7-8-15(30-5)16(9-12)31-6)11-32-23(18)19-22(13)35-27(3,4)25-24(19)33-25;1-12-7-8-13(9-16(12)30-6)15-11-31-23-18(21(15)29)20(28)14(10-17-26(2,3)33-17)22-19(23)24-25(32-24)27(4,5)34-22;1-25(2)16(33-25)9-12-19(28)17-20(29)13(11-6-7-15(30-5)14(27)8-11)10-31-22(17)18-21(12)34-26(3,4)24-23(18)32-24;1-25(2)16(32-25)10-14-19(27)17-20(28)15(12-6-8-13(29-5)9-7-12)11-30-22(17)18-21(14)33-26(3,4)24-23(18)31-24/h7-9,11,17,24-25,28H,10H2,1-6H3;7-9,11,17,24-25,28H,10H2,1-6H3;6-8,10,16,23-24,27-28H,9H2,1-5H3;6-9,11,16,23-24,27H,10H2,1-5H3. The highest BCUT2D eigenvalue weighted by Crippen LogP contribution is 2.65. The number of rotatable bonds is 17. The van der Waals surface area contributed by atoms with Crippen LogP contribution in [0.1, 0.15) is 185 Å². The Hall–Kier alpha value is -12.5. The molecule has 0 amide bonds. The van der Waals surface area contributed by atoms with Gasteiger partial charge in [-0.05, 0) is 188 Å². The second-order valence-corrected chi connectivity index (χ2v) is 41.3. The number of fused-ring (bicyclic) bond motifs is 20. The minimum absolute atomic E-state index is 0.0672. The number of benzene rings is 8. The molecule has 12 aliphatic rings. The van der Waals surface area contributed by atoms with E-state index in [2.05, 4.69) is 0 Å². The van der Waals surface area contributed by atoms with Crippen molar-refractivity contribution in [1.82, 2.24) is 0 Å². The summed E-state index contributed by atoms with van der Waals surface area (Å²) in [6.07, 6.45) is 5.28. The molecule has 4 aromatic heterocycles. The zero-order valence-electron chi connectivity index (χ0n) is 79.5. The fraction of sp³-hybridized carbons (Fsp3) is 0.434. The van der Waals surface area contributed by atoms with Crippen LogP contribution in [0.2, 0.25) is 0 Å². The number of phenols is 5. The first-order valence-electron chi connectivity index (χ1n) is 45.6. The summed E-state index contributed by atoms with van der Waals surface area (Å²) in [7, 11) is 7.71. The smallest absolute Gasteiger partial charge is 0.204 e. The lowest BCUT2D eigenvalue weighted by atomic mass is 9.88. The number of aromatic hydroxyl groups is 5. The molecule has 0 radical (unpaired) electrons. The van der Waals surface area contributed by atoms with Crippen LogP contribution in [-0.4, -0.2) is 155 Å². The molecular formula is C106H108O30. The van der Waals surface area contributed by atoms with E-state index in [9.17, 15) is 44.7 Å². The minimum Gasteiger partial charge on any atom is -0.507 e. The van der Waals surface area contributed by atoms with Gasteiger partial charge >= 0.3 is 0 Å². The molecule has 0 spiro atoms. The predicted molar refractivity (Wildman–Crippen MR) is 497 cm³/mol. The number of hydrogen-bond donors (Lipinski definition) is 5. The van der Waals surface area contributed by atoms with E-state index >= 15 is 0 Å². The largest absolute Gasteiger partial charge is 0.507 e. The summed E-state index contributed by atoms with van der Waals surface area (Å²) in [4.78, 5) is 54.9. The molecule has 8 fully saturated rings. The zero-order valence-corrected chi connectivity index (χ0v) is 79.5. The fourth-order valence-corrected chi connectivity index (χ4v) is 20.2. The van der Waals surface area contributed by atoms with Crippen LogP contribution in [0.25, 0.3) is 88.4 Å². The lowest BCUT2D eigenvalue weighted by Gasteiger charge is -2.31. The van der Waals surface area contributed by atoms with Gasteiger partial charge in [0.2, 0.25) is 21.7 Å². The van der Waals surface area contributed by atoms with E-state index in [1.54, 1.807) is 82.0 Å². The summed E-state index contributed by atoms with van der Waals surface area (Å²) < 4.78 is 123. The Balaban J connectivity index is 0.000000108. The van der Waals surface area contributed by atoms with E-state index in [0.29, 0.717) is 166 Å². The average Bonchev–Trinajstić information content (AvgIpc) is 1.53. The Labute approximate surface area is 780 Å². The Morgan fingerprint density at radius 3 is 0.831 bits per heavy atom. The van der Waals surface area contributed by atoms with Crippen molar-refractivity contribution in [3.05, 3.63) is 195 Å². The average molecular weight is 1860 g/mol. The highest BCUT2D eigenvalue weighted by molar-refractivity contribution is 5.98. The van der Waals surface area contributed by atoms with Crippen molar-refractivity contribution in [1.29, 1.82) is 0 Å². The third-order valence-corrected chi connectivity index (χ3v) is 28.9. The summed E-state index contributed by atoms with van der Waals surface area (Å²) in [5.41, 5.74) is 5.71. The molecule has 8 aromatic carbocycles. The lowest BCUT2D eigenvalue weighted by molar-refractivity contribution is 0.0708. The maximum Gasteiger partial charge on any atom is 0.204 e. The van der Waals surface area contributed by atoms with Gasteiger partial charge in [0.15, 0.2) is 45.3 Å². The molecule has 12 aromatic rings. The topological polar surface area (TPSA) is 405 Å². The summed E-state index contributed by atoms with van der Waals surface area (Å²) in [6.45, 7) is 33.6. The molecule has 24 rings (SSSR count). The number of aryl methyl sites for hydroxylation is 1. The molecule has 712 valence electrons. The molecule has 0 saturated carbocycles. The van der Waals surface area contributed by atoms with Gasteiger partial charge < -0.3 is 124 Å². The van der Waals surface area contributed by atoms with Crippen LogP contribution in [0, 0.1) is 6.92 Å². The van der Waals surface area contributed by atoms with Crippen molar-refractivity contribution >= 4 is 43.9 Å². The molecule has 5 N–H and O–H groups in total. The third kappa shape index (κ3) is 14.7. The van der Waals surface area contributed by atoms with Gasteiger partial charge in [-0.1, -0.05) is 36.4 Å². The quantitative estimate of drug-likeness (QED) is 0.0529. The number of methoxy groups -OCH3 is 5. The maximum absolute atomic E-state index is 13.8. The molecular weight excluding hydrogens is 1750 g/mol. The van der Waals surface area contributed by atoms with Gasteiger partial charge in [0.25, 0.3) is 0 Å². The van der Waals surface area contributed by atoms with Crippen molar-refractivity contribution < 1.29 is 124 Å². The van der Waals surface area contributed by atoms with Crippen LogP contribution < -0.4 is 64.3 Å². The van der Waals surface area contributed by atoms with Crippen LogP contribution >= 0.6 is 0 Å². The molecule has 12 unspecified atom stereocenters. The molecule has 0 bridgehead atoms. The molecule has 136 heavy (non-hydrogen) atoms. The molecule has 12 atom stereocenters. The van der Waals surface area contributed by atoms with Gasteiger partial charge in [-0.2, -0.15) is 0 Å². The summed E-state index contributed by atoms with van der Waals surface area (Å²) in [6, 6.07) is 22.5. The monoisotopic (exact) mass is 1860 g/mol. The summed E-state index contributed by atoms with van der Waals surface area (Å²) in [5, 5.41) is 56.4. The maximum atomic E-state index is 13.8. The van der Waals surface area contributed by atoms with Gasteiger partial charge in [-0.15, -0.1) is 0 Å². The summed E-state index contributed by atoms with van der Waals surface area (Å²) >= 11 is 0.